The largest absolute Gasteiger partial charge is 0.249 e. The van der Waals surface area contributed by atoms with E-state index < -0.39 is 0 Å². The van der Waals surface area contributed by atoms with Crippen LogP contribution in [0, 0.1) is 6.92 Å². The molecule has 0 spiro atoms. The Morgan fingerprint density at radius 3 is 2.18 bits per heavy atom. The molecule has 0 N–H and O–H groups in total. The molecule has 0 fully saturated rings. The van der Waals surface area contributed by atoms with Gasteiger partial charge in [-0.05, 0) is 52.9 Å². The summed E-state index contributed by atoms with van der Waals surface area (Å²) in [5.41, 5.74) is 7.76. The monoisotopic (exact) mass is 384 g/mol. The maximum absolute atomic E-state index is 4.98. The normalized spacial score (nSPS) is 12.3. The van der Waals surface area contributed by atoms with E-state index in [4.69, 9.17) is 9.97 Å². The first-order valence-electron chi connectivity index (χ1n) is 9.34. The van der Waals surface area contributed by atoms with Crippen molar-refractivity contribution in [3.63, 3.8) is 0 Å². The zero-order chi connectivity index (χ0) is 19.5. The van der Waals surface area contributed by atoms with Crippen molar-refractivity contribution in [2.45, 2.75) is 33.1 Å². The topological polar surface area (TPSA) is 51.6 Å². The van der Waals surface area contributed by atoms with Crippen molar-refractivity contribution < 1.29 is 0 Å². The van der Waals surface area contributed by atoms with Crippen LogP contribution in [0.2, 0.25) is 0 Å². The fourth-order valence-corrected chi connectivity index (χ4v) is 4.27. The molecule has 0 saturated heterocycles. The van der Waals surface area contributed by atoms with E-state index in [1.165, 1.54) is 28.1 Å². The molecule has 3 aromatic carbocycles. The van der Waals surface area contributed by atoms with Gasteiger partial charge in [0.1, 0.15) is 11.0 Å². The van der Waals surface area contributed by atoms with Gasteiger partial charge in [-0.15, -0.1) is 0 Å². The number of fused-ring (bicyclic) bond motifs is 3. The predicted molar refractivity (Wildman–Crippen MR) is 117 cm³/mol. The van der Waals surface area contributed by atoms with E-state index in [-0.39, 0.29) is 5.41 Å². The Balaban J connectivity index is 1.80. The van der Waals surface area contributed by atoms with Crippen LogP contribution in [0.1, 0.15) is 32.0 Å². The van der Waals surface area contributed by atoms with E-state index in [2.05, 4.69) is 65.9 Å². The summed E-state index contributed by atoms with van der Waals surface area (Å²) < 4.78 is 8.66. The molecule has 0 amide bonds. The Labute approximate surface area is 167 Å². The Morgan fingerprint density at radius 2 is 1.46 bits per heavy atom. The predicted octanol–water partition coefficient (Wildman–Crippen LogP) is 6.06. The van der Waals surface area contributed by atoms with Crippen LogP contribution in [0.3, 0.4) is 0 Å². The number of aromatic nitrogens is 4. The van der Waals surface area contributed by atoms with Crippen molar-refractivity contribution in [1.29, 1.82) is 0 Å². The molecule has 0 aliphatic carbocycles. The van der Waals surface area contributed by atoms with E-state index in [9.17, 15) is 0 Å². The minimum atomic E-state index is 0.0340. The molecule has 5 rings (SSSR count). The van der Waals surface area contributed by atoms with Crippen molar-refractivity contribution in [3.8, 4) is 11.3 Å². The number of aryl methyl sites for hydroxylation is 1. The van der Waals surface area contributed by atoms with Gasteiger partial charge in [-0.25, -0.2) is 9.97 Å². The van der Waals surface area contributed by atoms with Crippen molar-refractivity contribution in [3.05, 3.63) is 59.8 Å². The van der Waals surface area contributed by atoms with E-state index >= 15 is 0 Å². The summed E-state index contributed by atoms with van der Waals surface area (Å²) in [6, 6.07) is 17.0. The van der Waals surface area contributed by atoms with Gasteiger partial charge in [-0.1, -0.05) is 45.0 Å². The lowest BCUT2D eigenvalue weighted by Crippen LogP contribution is -2.12. The SMILES string of the molecule is Cc1nc2cc3nsnc3cc2nc1-c1cc(C(C)(C)C)c2ccccc2c1. The van der Waals surface area contributed by atoms with Crippen LogP contribution in [0.4, 0.5) is 0 Å². The first-order chi connectivity index (χ1) is 13.4. The van der Waals surface area contributed by atoms with E-state index in [0.717, 1.165) is 39.0 Å². The van der Waals surface area contributed by atoms with Crippen molar-refractivity contribution in [1.82, 2.24) is 18.7 Å². The second-order valence-electron chi connectivity index (χ2n) is 8.25. The summed E-state index contributed by atoms with van der Waals surface area (Å²) in [5, 5.41) is 2.52. The number of hydrogen-bond donors (Lipinski definition) is 0. The molecule has 28 heavy (non-hydrogen) atoms. The minimum absolute atomic E-state index is 0.0340. The molecule has 2 aromatic heterocycles. The van der Waals surface area contributed by atoms with Crippen LogP contribution < -0.4 is 0 Å². The second-order valence-corrected chi connectivity index (χ2v) is 8.77. The van der Waals surface area contributed by atoms with E-state index in [1.54, 1.807) is 0 Å². The average Bonchev–Trinajstić information content (AvgIpc) is 3.11. The summed E-state index contributed by atoms with van der Waals surface area (Å²) in [4.78, 5) is 9.81. The number of rotatable bonds is 1. The third-order valence-electron chi connectivity index (χ3n) is 5.16. The second kappa shape index (κ2) is 6.04. The number of hydrogen-bond acceptors (Lipinski definition) is 5. The molecule has 5 heteroatoms. The molecule has 4 nitrogen and oxygen atoms in total. The Morgan fingerprint density at radius 1 is 0.786 bits per heavy atom. The van der Waals surface area contributed by atoms with Crippen LogP contribution in [0.25, 0.3) is 44.1 Å². The molecule has 5 aromatic rings. The van der Waals surface area contributed by atoms with E-state index in [1.807, 2.05) is 19.1 Å². The lowest BCUT2D eigenvalue weighted by atomic mass is 9.82. The van der Waals surface area contributed by atoms with Crippen molar-refractivity contribution in [2.75, 3.05) is 0 Å². The summed E-state index contributed by atoms with van der Waals surface area (Å²) in [5.74, 6) is 0. The van der Waals surface area contributed by atoms with Gasteiger partial charge in [-0.3, -0.25) is 0 Å². The quantitative estimate of drug-likeness (QED) is 0.352. The average molecular weight is 385 g/mol. The fourth-order valence-electron chi connectivity index (χ4n) is 3.76. The summed E-state index contributed by atoms with van der Waals surface area (Å²) in [6.45, 7) is 8.79. The summed E-state index contributed by atoms with van der Waals surface area (Å²) in [6.07, 6.45) is 0. The highest BCUT2D eigenvalue weighted by Crippen LogP contribution is 2.35. The maximum Gasteiger partial charge on any atom is 0.107 e. The molecule has 0 unspecified atom stereocenters. The van der Waals surface area contributed by atoms with Crippen LogP contribution in [-0.2, 0) is 5.41 Å². The fraction of sp³-hybridized carbons (Fsp3) is 0.217. The highest BCUT2D eigenvalue weighted by Gasteiger charge is 2.19. The lowest BCUT2D eigenvalue weighted by Gasteiger charge is -2.23. The molecule has 0 bridgehead atoms. The molecular formula is C23H20N4S. The number of nitrogens with zero attached hydrogens (tertiary/aromatic N) is 4. The van der Waals surface area contributed by atoms with Gasteiger partial charge in [0, 0.05) is 5.56 Å². The third kappa shape index (κ3) is 2.74. The molecule has 138 valence electrons. The molecular weight excluding hydrogens is 364 g/mol. The molecule has 0 aliphatic heterocycles. The highest BCUT2D eigenvalue weighted by molar-refractivity contribution is 7.00. The Hall–Kier alpha value is -2.92. The molecule has 0 aliphatic rings. The van der Waals surface area contributed by atoms with Crippen molar-refractivity contribution in [2.24, 2.45) is 0 Å². The zero-order valence-electron chi connectivity index (χ0n) is 16.3. The summed E-state index contributed by atoms with van der Waals surface area (Å²) >= 11 is 1.22. The molecule has 0 saturated carbocycles. The van der Waals surface area contributed by atoms with Crippen LogP contribution >= 0.6 is 11.7 Å². The van der Waals surface area contributed by atoms with Gasteiger partial charge in [0.15, 0.2) is 0 Å². The molecule has 0 radical (unpaired) electrons. The van der Waals surface area contributed by atoms with E-state index in [0.29, 0.717) is 0 Å². The van der Waals surface area contributed by atoms with Gasteiger partial charge in [0.2, 0.25) is 0 Å². The number of benzene rings is 3. The third-order valence-corrected chi connectivity index (χ3v) is 5.71. The summed E-state index contributed by atoms with van der Waals surface area (Å²) in [7, 11) is 0. The minimum Gasteiger partial charge on any atom is -0.249 e. The van der Waals surface area contributed by atoms with Gasteiger partial charge in [0.05, 0.1) is 34.1 Å². The molecule has 0 atom stereocenters. The van der Waals surface area contributed by atoms with Gasteiger partial charge in [-0.2, -0.15) is 8.75 Å². The smallest absolute Gasteiger partial charge is 0.107 e. The van der Waals surface area contributed by atoms with Crippen molar-refractivity contribution >= 4 is 44.6 Å². The Bertz CT molecular complexity index is 1360. The lowest BCUT2D eigenvalue weighted by molar-refractivity contribution is 0.596. The zero-order valence-corrected chi connectivity index (χ0v) is 17.1. The maximum atomic E-state index is 4.98. The molecule has 2 heterocycles. The van der Waals surface area contributed by atoms with Crippen LogP contribution in [0.5, 0.6) is 0 Å². The highest BCUT2D eigenvalue weighted by atomic mass is 32.1. The Kier molecular flexibility index (Phi) is 3.71. The first-order valence-corrected chi connectivity index (χ1v) is 10.1. The van der Waals surface area contributed by atoms with Gasteiger partial charge >= 0.3 is 0 Å². The van der Waals surface area contributed by atoms with Gasteiger partial charge in [0.25, 0.3) is 0 Å². The standard InChI is InChI=1S/C23H20N4S/c1-13-22(25-19-12-21-20(26-28-27-21)11-18(19)24-13)15-9-14-7-5-6-8-16(14)17(10-15)23(2,3)4/h5-12H,1-4H3. The van der Waals surface area contributed by atoms with Crippen LogP contribution in [0.15, 0.2) is 48.5 Å². The van der Waals surface area contributed by atoms with Gasteiger partial charge < -0.3 is 0 Å². The first kappa shape index (κ1) is 17.2. The van der Waals surface area contributed by atoms with Crippen LogP contribution in [-0.4, -0.2) is 18.7 Å².